The Kier molecular flexibility index (Phi) is 6.13. The number of thiophene rings is 1. The van der Waals surface area contributed by atoms with Crippen LogP contribution < -0.4 is 5.32 Å². The molecular formula is C21H19Cl2N3O3S. The van der Waals surface area contributed by atoms with E-state index in [2.05, 4.69) is 10.3 Å². The molecule has 1 unspecified atom stereocenters. The van der Waals surface area contributed by atoms with Crippen LogP contribution in [0.15, 0.2) is 40.1 Å². The second kappa shape index (κ2) is 8.79. The van der Waals surface area contributed by atoms with Crippen molar-refractivity contribution < 1.29 is 14.0 Å². The molecule has 0 saturated carbocycles. The number of benzene rings is 1. The summed E-state index contributed by atoms with van der Waals surface area (Å²) in [6.45, 7) is 2.33. The minimum atomic E-state index is -0.542. The van der Waals surface area contributed by atoms with Gasteiger partial charge in [-0.15, -0.1) is 11.3 Å². The van der Waals surface area contributed by atoms with Crippen LogP contribution in [-0.2, 0) is 16.0 Å². The number of aryl methyl sites for hydroxylation is 1. The van der Waals surface area contributed by atoms with Gasteiger partial charge in [0.1, 0.15) is 11.8 Å². The van der Waals surface area contributed by atoms with Crippen LogP contribution >= 0.6 is 34.5 Å². The van der Waals surface area contributed by atoms with Gasteiger partial charge in [-0.25, -0.2) is 4.98 Å². The molecule has 0 spiro atoms. The van der Waals surface area contributed by atoms with Gasteiger partial charge < -0.3 is 14.6 Å². The first-order valence-electron chi connectivity index (χ1n) is 9.47. The fourth-order valence-electron chi connectivity index (χ4n) is 3.53. The van der Waals surface area contributed by atoms with Crippen molar-refractivity contribution in [2.24, 2.45) is 0 Å². The Labute approximate surface area is 187 Å². The number of anilines is 1. The Morgan fingerprint density at radius 3 is 2.77 bits per heavy atom. The SMILES string of the molecule is Cc1oc(-c2cccs2)nc1CC(=O)N1CCCC1C(=O)Nc1cc(Cl)cc(Cl)c1. The van der Waals surface area contributed by atoms with E-state index < -0.39 is 6.04 Å². The monoisotopic (exact) mass is 463 g/mol. The van der Waals surface area contributed by atoms with Crippen LogP contribution in [0.4, 0.5) is 5.69 Å². The molecule has 1 aliphatic rings. The van der Waals surface area contributed by atoms with Gasteiger partial charge in [0, 0.05) is 22.3 Å². The highest BCUT2D eigenvalue weighted by Crippen LogP contribution is 2.28. The first kappa shape index (κ1) is 20.9. The molecule has 30 heavy (non-hydrogen) atoms. The van der Waals surface area contributed by atoms with Crippen LogP contribution in [0, 0.1) is 6.92 Å². The van der Waals surface area contributed by atoms with E-state index >= 15 is 0 Å². The molecule has 0 radical (unpaired) electrons. The van der Waals surface area contributed by atoms with E-state index in [1.807, 2.05) is 17.5 Å². The number of carbonyl (C=O) groups is 2. The molecule has 3 aromatic rings. The number of oxazole rings is 1. The van der Waals surface area contributed by atoms with Gasteiger partial charge in [-0.3, -0.25) is 9.59 Å². The lowest BCUT2D eigenvalue weighted by atomic mass is 10.1. The van der Waals surface area contributed by atoms with Gasteiger partial charge in [0.2, 0.25) is 17.7 Å². The van der Waals surface area contributed by atoms with E-state index in [-0.39, 0.29) is 18.2 Å². The fraction of sp³-hybridized carbons (Fsp3) is 0.286. The number of halogens is 2. The van der Waals surface area contributed by atoms with E-state index in [0.29, 0.717) is 46.0 Å². The van der Waals surface area contributed by atoms with Gasteiger partial charge in [-0.05, 0) is 49.4 Å². The molecule has 2 amide bonds. The molecule has 6 nitrogen and oxygen atoms in total. The standard InChI is InChI=1S/C21H19Cl2N3O3S/c1-12-16(25-21(29-12)18-5-3-7-30-18)11-19(27)26-6-2-4-17(26)20(28)24-15-9-13(22)8-14(23)10-15/h3,5,7-10,17H,2,4,6,11H2,1H3,(H,24,28). The number of nitrogens with zero attached hydrogens (tertiary/aromatic N) is 2. The lowest BCUT2D eigenvalue weighted by Gasteiger charge is -2.24. The molecule has 0 aliphatic carbocycles. The topological polar surface area (TPSA) is 75.4 Å². The zero-order chi connectivity index (χ0) is 21.3. The number of amides is 2. The fourth-order valence-corrected chi connectivity index (χ4v) is 4.71. The van der Waals surface area contributed by atoms with Crippen molar-refractivity contribution >= 4 is 52.0 Å². The highest BCUT2D eigenvalue weighted by molar-refractivity contribution is 7.13. The minimum absolute atomic E-state index is 0.0908. The highest BCUT2D eigenvalue weighted by Gasteiger charge is 2.34. The van der Waals surface area contributed by atoms with Crippen molar-refractivity contribution in [3.05, 3.63) is 57.2 Å². The Bertz CT molecular complexity index is 1060. The summed E-state index contributed by atoms with van der Waals surface area (Å²) in [5, 5.41) is 5.62. The average molecular weight is 464 g/mol. The van der Waals surface area contributed by atoms with Gasteiger partial charge in [0.15, 0.2) is 0 Å². The predicted octanol–water partition coefficient (Wildman–Crippen LogP) is 5.19. The number of hydrogen-bond acceptors (Lipinski definition) is 5. The van der Waals surface area contributed by atoms with Crippen LogP contribution in [-0.4, -0.2) is 34.3 Å². The number of hydrogen-bond donors (Lipinski definition) is 1. The third-order valence-corrected chi connectivity index (χ3v) is 6.24. The molecule has 1 N–H and O–H groups in total. The van der Waals surface area contributed by atoms with Crippen LogP contribution in [0.1, 0.15) is 24.3 Å². The van der Waals surface area contributed by atoms with Gasteiger partial charge in [0.25, 0.3) is 0 Å². The number of rotatable bonds is 5. The van der Waals surface area contributed by atoms with Gasteiger partial charge in [0.05, 0.1) is 17.0 Å². The molecule has 0 bridgehead atoms. The molecule has 156 valence electrons. The molecule has 2 aromatic heterocycles. The summed E-state index contributed by atoms with van der Waals surface area (Å²) in [5.41, 5.74) is 1.10. The molecule has 1 saturated heterocycles. The quantitative estimate of drug-likeness (QED) is 0.564. The summed E-state index contributed by atoms with van der Waals surface area (Å²) in [5.74, 6) is 0.723. The van der Waals surface area contributed by atoms with E-state index in [9.17, 15) is 9.59 Å². The van der Waals surface area contributed by atoms with E-state index in [1.165, 1.54) is 11.3 Å². The number of nitrogens with one attached hydrogen (secondary N) is 1. The Hall–Kier alpha value is -2.35. The largest absolute Gasteiger partial charge is 0.440 e. The Balaban J connectivity index is 1.45. The molecule has 4 rings (SSSR count). The second-order valence-electron chi connectivity index (χ2n) is 7.07. The van der Waals surface area contributed by atoms with Gasteiger partial charge in [-0.1, -0.05) is 29.3 Å². The van der Waals surface area contributed by atoms with Crippen molar-refractivity contribution in [3.8, 4) is 10.8 Å². The van der Waals surface area contributed by atoms with Crippen molar-refractivity contribution in [1.29, 1.82) is 0 Å². The Morgan fingerprint density at radius 2 is 2.07 bits per heavy atom. The van der Waals surface area contributed by atoms with E-state index in [1.54, 1.807) is 30.0 Å². The summed E-state index contributed by atoms with van der Waals surface area (Å²) in [4.78, 5) is 32.8. The van der Waals surface area contributed by atoms with Crippen molar-refractivity contribution in [3.63, 3.8) is 0 Å². The minimum Gasteiger partial charge on any atom is -0.440 e. The summed E-state index contributed by atoms with van der Waals surface area (Å²) >= 11 is 13.5. The zero-order valence-corrected chi connectivity index (χ0v) is 18.5. The van der Waals surface area contributed by atoms with Gasteiger partial charge in [-0.2, -0.15) is 0 Å². The number of aromatic nitrogens is 1. The van der Waals surface area contributed by atoms with Crippen LogP contribution in [0.5, 0.6) is 0 Å². The molecule has 3 heterocycles. The lowest BCUT2D eigenvalue weighted by Crippen LogP contribution is -2.43. The normalized spacial score (nSPS) is 16.1. The third-order valence-electron chi connectivity index (χ3n) is 4.95. The maximum atomic E-state index is 13.0. The Morgan fingerprint density at radius 1 is 1.30 bits per heavy atom. The summed E-state index contributed by atoms with van der Waals surface area (Å²) in [7, 11) is 0. The molecule has 9 heteroatoms. The first-order valence-corrected chi connectivity index (χ1v) is 11.1. The average Bonchev–Trinajstić information content (AvgIpc) is 3.42. The van der Waals surface area contributed by atoms with Crippen molar-refractivity contribution in [2.45, 2.75) is 32.2 Å². The highest BCUT2D eigenvalue weighted by atomic mass is 35.5. The van der Waals surface area contributed by atoms with Crippen molar-refractivity contribution in [1.82, 2.24) is 9.88 Å². The summed E-state index contributed by atoms with van der Waals surface area (Å²) in [6, 6.07) is 8.14. The maximum absolute atomic E-state index is 13.0. The number of likely N-dealkylation sites (tertiary alicyclic amines) is 1. The zero-order valence-electron chi connectivity index (χ0n) is 16.2. The maximum Gasteiger partial charge on any atom is 0.247 e. The van der Waals surface area contributed by atoms with Crippen LogP contribution in [0.25, 0.3) is 10.8 Å². The van der Waals surface area contributed by atoms with Crippen molar-refractivity contribution in [2.75, 3.05) is 11.9 Å². The van der Waals surface area contributed by atoms with E-state index in [0.717, 1.165) is 11.3 Å². The van der Waals surface area contributed by atoms with E-state index in [4.69, 9.17) is 27.6 Å². The molecule has 1 atom stereocenters. The number of carbonyl (C=O) groups excluding carboxylic acids is 2. The first-order chi connectivity index (χ1) is 14.4. The molecule has 1 aliphatic heterocycles. The molecular weight excluding hydrogens is 445 g/mol. The van der Waals surface area contributed by atoms with Crippen LogP contribution in [0.3, 0.4) is 0 Å². The summed E-state index contributed by atoms with van der Waals surface area (Å²) in [6.07, 6.45) is 1.45. The van der Waals surface area contributed by atoms with Gasteiger partial charge >= 0.3 is 0 Å². The smallest absolute Gasteiger partial charge is 0.247 e. The third kappa shape index (κ3) is 4.53. The van der Waals surface area contributed by atoms with Crippen LogP contribution in [0.2, 0.25) is 10.0 Å². The second-order valence-corrected chi connectivity index (χ2v) is 8.89. The molecule has 1 fully saturated rings. The lowest BCUT2D eigenvalue weighted by molar-refractivity contribution is -0.136. The molecule has 1 aromatic carbocycles. The summed E-state index contributed by atoms with van der Waals surface area (Å²) < 4.78 is 5.72. The predicted molar refractivity (Wildman–Crippen MR) is 118 cm³/mol.